The van der Waals surface area contributed by atoms with Gasteiger partial charge in [0.1, 0.15) is 0 Å². The Morgan fingerprint density at radius 3 is 2.79 bits per heavy atom. The van der Waals surface area contributed by atoms with Crippen molar-refractivity contribution in [1.29, 1.82) is 0 Å². The number of aromatic nitrogens is 1. The van der Waals surface area contributed by atoms with Gasteiger partial charge in [0.15, 0.2) is 15.1 Å². The van der Waals surface area contributed by atoms with E-state index >= 15 is 0 Å². The largest absolute Gasteiger partial charge is 0.480 e. The minimum Gasteiger partial charge on any atom is -0.480 e. The van der Waals surface area contributed by atoms with E-state index in [4.69, 9.17) is 5.11 Å². The number of benzene rings is 1. The molecule has 0 fully saturated rings. The summed E-state index contributed by atoms with van der Waals surface area (Å²) >= 11 is 0. The van der Waals surface area contributed by atoms with Gasteiger partial charge >= 0.3 is 5.97 Å². The standard InChI is InChI=1S/C13H13NO4S/c1-9(13(15)16)19(17,18)8-10-4-5-12-11(7-10)3-2-6-14-12/h2-7,9H,8H2,1H3,(H,15,16). The molecule has 1 atom stereocenters. The predicted molar refractivity (Wildman–Crippen MR) is 71.5 cm³/mol. The van der Waals surface area contributed by atoms with Crippen molar-refractivity contribution in [2.75, 3.05) is 0 Å². The van der Waals surface area contributed by atoms with E-state index in [1.807, 2.05) is 6.07 Å². The van der Waals surface area contributed by atoms with Crippen LogP contribution < -0.4 is 0 Å². The Bertz CT molecular complexity index is 724. The van der Waals surface area contributed by atoms with E-state index in [1.54, 1.807) is 30.5 Å². The number of carbonyl (C=O) groups is 1. The predicted octanol–water partition coefficient (Wildman–Crippen LogP) is 1.62. The maximum absolute atomic E-state index is 11.9. The third-order valence-electron chi connectivity index (χ3n) is 2.92. The first-order valence-electron chi connectivity index (χ1n) is 5.68. The molecule has 1 heterocycles. The van der Waals surface area contributed by atoms with Gasteiger partial charge in [0.2, 0.25) is 0 Å². The normalized spacial score (nSPS) is 13.3. The smallest absolute Gasteiger partial charge is 0.321 e. The molecule has 0 aliphatic rings. The van der Waals surface area contributed by atoms with Gasteiger partial charge in [0.25, 0.3) is 0 Å². The summed E-state index contributed by atoms with van der Waals surface area (Å²) in [4.78, 5) is 14.9. The molecule has 0 spiro atoms. The number of rotatable bonds is 4. The van der Waals surface area contributed by atoms with Gasteiger partial charge in [-0.3, -0.25) is 9.78 Å². The van der Waals surface area contributed by atoms with Crippen molar-refractivity contribution in [3.63, 3.8) is 0 Å². The van der Waals surface area contributed by atoms with Gasteiger partial charge in [0.05, 0.1) is 11.3 Å². The van der Waals surface area contributed by atoms with E-state index in [2.05, 4.69) is 4.98 Å². The lowest BCUT2D eigenvalue weighted by atomic mass is 10.1. The second-order valence-electron chi connectivity index (χ2n) is 4.32. The maximum atomic E-state index is 11.9. The number of carboxylic acid groups (broad SMARTS) is 1. The van der Waals surface area contributed by atoms with E-state index < -0.39 is 21.1 Å². The first kappa shape index (κ1) is 13.5. The van der Waals surface area contributed by atoms with E-state index in [1.165, 1.54) is 6.92 Å². The van der Waals surface area contributed by atoms with Crippen molar-refractivity contribution in [3.05, 3.63) is 42.1 Å². The van der Waals surface area contributed by atoms with E-state index in [0.29, 0.717) is 5.56 Å². The molecule has 0 amide bonds. The van der Waals surface area contributed by atoms with Gasteiger partial charge in [0, 0.05) is 11.6 Å². The summed E-state index contributed by atoms with van der Waals surface area (Å²) in [5.74, 6) is -1.62. The lowest BCUT2D eigenvalue weighted by Gasteiger charge is -2.09. The van der Waals surface area contributed by atoms with Crippen LogP contribution in [0.1, 0.15) is 12.5 Å². The monoisotopic (exact) mass is 279 g/mol. The Balaban J connectivity index is 2.34. The van der Waals surface area contributed by atoms with Crippen LogP contribution in [0.25, 0.3) is 10.9 Å². The summed E-state index contributed by atoms with van der Waals surface area (Å²) in [5, 5.41) is 8.20. The quantitative estimate of drug-likeness (QED) is 0.919. The molecule has 1 N–H and O–H groups in total. The highest BCUT2D eigenvalue weighted by Gasteiger charge is 2.27. The van der Waals surface area contributed by atoms with Crippen LogP contribution in [0.4, 0.5) is 0 Å². The summed E-state index contributed by atoms with van der Waals surface area (Å²) in [6.07, 6.45) is 1.66. The summed E-state index contributed by atoms with van der Waals surface area (Å²) in [6, 6.07) is 8.70. The van der Waals surface area contributed by atoms with Crippen LogP contribution in [-0.4, -0.2) is 29.7 Å². The molecule has 2 aromatic rings. The van der Waals surface area contributed by atoms with Crippen molar-refractivity contribution >= 4 is 26.7 Å². The molecule has 0 saturated heterocycles. The highest BCUT2D eigenvalue weighted by Crippen LogP contribution is 2.17. The lowest BCUT2D eigenvalue weighted by molar-refractivity contribution is -0.136. The van der Waals surface area contributed by atoms with Crippen molar-refractivity contribution < 1.29 is 18.3 Å². The number of hydrogen-bond donors (Lipinski definition) is 1. The molecule has 100 valence electrons. The van der Waals surface area contributed by atoms with Gasteiger partial charge in [-0.25, -0.2) is 8.42 Å². The molecule has 0 radical (unpaired) electrons. The number of hydrogen-bond acceptors (Lipinski definition) is 4. The fourth-order valence-electron chi connectivity index (χ4n) is 1.73. The van der Waals surface area contributed by atoms with Crippen molar-refractivity contribution in [3.8, 4) is 0 Å². The molecule has 0 saturated carbocycles. The first-order valence-corrected chi connectivity index (χ1v) is 7.40. The van der Waals surface area contributed by atoms with Crippen LogP contribution >= 0.6 is 0 Å². The Hall–Kier alpha value is -1.95. The third-order valence-corrected chi connectivity index (χ3v) is 4.94. The van der Waals surface area contributed by atoms with E-state index in [-0.39, 0.29) is 5.75 Å². The Kier molecular flexibility index (Phi) is 3.53. The van der Waals surface area contributed by atoms with Crippen LogP contribution in [0.5, 0.6) is 0 Å². The molecular weight excluding hydrogens is 266 g/mol. The van der Waals surface area contributed by atoms with Crippen LogP contribution in [-0.2, 0) is 20.4 Å². The Morgan fingerprint density at radius 2 is 2.11 bits per heavy atom. The zero-order valence-corrected chi connectivity index (χ0v) is 11.1. The minimum absolute atomic E-state index is 0.286. The molecular formula is C13H13NO4S. The molecule has 5 nitrogen and oxygen atoms in total. The Labute approximate surface area is 110 Å². The molecule has 1 aromatic carbocycles. The average Bonchev–Trinajstić information content (AvgIpc) is 2.37. The number of aliphatic carboxylic acids is 1. The second-order valence-corrected chi connectivity index (χ2v) is 6.64. The summed E-state index contributed by atoms with van der Waals surface area (Å²) < 4.78 is 23.8. The third kappa shape index (κ3) is 2.90. The number of sulfone groups is 1. The van der Waals surface area contributed by atoms with Gasteiger partial charge in [-0.2, -0.15) is 0 Å². The SMILES string of the molecule is CC(C(=O)O)S(=O)(=O)Cc1ccc2ncccc2c1. The molecule has 6 heteroatoms. The Morgan fingerprint density at radius 1 is 1.37 bits per heavy atom. The fraction of sp³-hybridized carbons (Fsp3) is 0.231. The van der Waals surface area contributed by atoms with Gasteiger partial charge in [-0.05, 0) is 30.7 Å². The molecule has 0 aliphatic heterocycles. The van der Waals surface area contributed by atoms with E-state index in [9.17, 15) is 13.2 Å². The zero-order valence-electron chi connectivity index (χ0n) is 10.3. The molecule has 0 bridgehead atoms. The van der Waals surface area contributed by atoms with Crippen molar-refractivity contribution in [2.24, 2.45) is 0 Å². The second kappa shape index (κ2) is 4.97. The zero-order chi connectivity index (χ0) is 14.0. The summed E-state index contributed by atoms with van der Waals surface area (Å²) in [5.41, 5.74) is 1.34. The minimum atomic E-state index is -3.70. The maximum Gasteiger partial charge on any atom is 0.321 e. The molecule has 2 rings (SSSR count). The molecule has 19 heavy (non-hydrogen) atoms. The van der Waals surface area contributed by atoms with Gasteiger partial charge < -0.3 is 5.11 Å². The fourth-order valence-corrected chi connectivity index (χ4v) is 2.93. The van der Waals surface area contributed by atoms with Gasteiger partial charge in [-0.15, -0.1) is 0 Å². The van der Waals surface area contributed by atoms with Gasteiger partial charge in [-0.1, -0.05) is 12.1 Å². The summed E-state index contributed by atoms with van der Waals surface area (Å²) in [7, 11) is -3.70. The van der Waals surface area contributed by atoms with Crippen LogP contribution in [0.3, 0.4) is 0 Å². The molecule has 0 aliphatic carbocycles. The topological polar surface area (TPSA) is 84.3 Å². The molecule has 1 aromatic heterocycles. The average molecular weight is 279 g/mol. The van der Waals surface area contributed by atoms with Crippen LogP contribution in [0.15, 0.2) is 36.5 Å². The highest BCUT2D eigenvalue weighted by molar-refractivity contribution is 7.91. The first-order chi connectivity index (χ1) is 8.90. The molecule has 1 unspecified atom stereocenters. The van der Waals surface area contributed by atoms with E-state index in [0.717, 1.165) is 10.9 Å². The van der Waals surface area contributed by atoms with Crippen molar-refractivity contribution in [1.82, 2.24) is 4.98 Å². The number of carboxylic acids is 1. The lowest BCUT2D eigenvalue weighted by Crippen LogP contribution is -2.28. The summed E-state index contributed by atoms with van der Waals surface area (Å²) in [6.45, 7) is 1.18. The number of nitrogens with zero attached hydrogens (tertiary/aromatic N) is 1. The van der Waals surface area contributed by atoms with Crippen molar-refractivity contribution in [2.45, 2.75) is 17.9 Å². The van der Waals surface area contributed by atoms with Crippen LogP contribution in [0.2, 0.25) is 0 Å². The van der Waals surface area contributed by atoms with Crippen LogP contribution in [0, 0.1) is 0 Å². The number of fused-ring (bicyclic) bond motifs is 1. The highest BCUT2D eigenvalue weighted by atomic mass is 32.2. The number of pyridine rings is 1.